The molecule has 0 bridgehead atoms. The number of nitrogens with zero attached hydrogens (tertiary/aromatic N) is 2. The highest BCUT2D eigenvalue weighted by atomic mass is 79.9. The fourth-order valence-electron chi connectivity index (χ4n) is 3.28. The van der Waals surface area contributed by atoms with E-state index < -0.39 is 5.60 Å². The summed E-state index contributed by atoms with van der Waals surface area (Å²) in [4.78, 5) is 6.68. The van der Waals surface area contributed by atoms with Crippen molar-refractivity contribution < 1.29 is 5.11 Å². The first-order valence-electron chi connectivity index (χ1n) is 6.94. The molecule has 0 radical (unpaired) electrons. The number of hydrogen-bond acceptors (Lipinski definition) is 3. The van der Waals surface area contributed by atoms with Gasteiger partial charge in [-0.2, -0.15) is 0 Å². The van der Waals surface area contributed by atoms with E-state index in [2.05, 4.69) is 46.8 Å². The molecule has 0 aromatic carbocycles. The van der Waals surface area contributed by atoms with Gasteiger partial charge in [-0.05, 0) is 60.9 Å². The number of aliphatic hydroxyl groups is 1. The van der Waals surface area contributed by atoms with Crippen molar-refractivity contribution in [1.82, 2.24) is 9.88 Å². The van der Waals surface area contributed by atoms with Crippen LogP contribution in [0.15, 0.2) is 22.8 Å². The molecule has 1 heterocycles. The van der Waals surface area contributed by atoms with E-state index in [1.807, 2.05) is 18.2 Å². The Labute approximate surface area is 124 Å². The molecule has 1 N–H and O–H groups in total. The fourth-order valence-corrected chi connectivity index (χ4v) is 3.62. The highest BCUT2D eigenvalue weighted by molar-refractivity contribution is 9.10. The summed E-state index contributed by atoms with van der Waals surface area (Å²) >= 11 is 3.41. The minimum Gasteiger partial charge on any atom is -0.383 e. The van der Waals surface area contributed by atoms with E-state index in [-0.39, 0.29) is 11.8 Å². The van der Waals surface area contributed by atoms with E-state index in [1.54, 1.807) is 0 Å². The average molecular weight is 327 g/mol. The number of aromatic nitrogens is 1. The van der Waals surface area contributed by atoms with Crippen LogP contribution < -0.4 is 0 Å². The molecule has 106 valence electrons. The lowest BCUT2D eigenvalue weighted by molar-refractivity contribution is -0.105. The van der Waals surface area contributed by atoms with Crippen LogP contribution in [0.5, 0.6) is 0 Å². The standard InChI is InChI=1S/C15H23BrN2O/c1-11-6-4-7-12(10-18(2)3)15(11,19)13-8-5-9-14(16)17-13/h5,8-9,11-12,19H,4,6-7,10H2,1-3H3. The van der Waals surface area contributed by atoms with Crippen LogP contribution in [0.4, 0.5) is 0 Å². The maximum atomic E-state index is 11.3. The van der Waals surface area contributed by atoms with Crippen LogP contribution in [0.25, 0.3) is 0 Å². The van der Waals surface area contributed by atoms with Gasteiger partial charge in [0.1, 0.15) is 10.2 Å². The molecule has 0 spiro atoms. The van der Waals surface area contributed by atoms with Crippen molar-refractivity contribution in [3.05, 3.63) is 28.5 Å². The van der Waals surface area contributed by atoms with E-state index in [0.29, 0.717) is 0 Å². The zero-order valence-corrected chi connectivity index (χ0v) is 13.5. The molecule has 4 heteroatoms. The predicted molar refractivity (Wildman–Crippen MR) is 80.9 cm³/mol. The molecule has 1 aliphatic carbocycles. The Bertz CT molecular complexity index is 438. The third-order valence-electron chi connectivity index (χ3n) is 4.27. The van der Waals surface area contributed by atoms with Gasteiger partial charge in [-0.3, -0.25) is 0 Å². The molecule has 1 aromatic heterocycles. The topological polar surface area (TPSA) is 36.4 Å². The van der Waals surface area contributed by atoms with Crippen LogP contribution in [0.1, 0.15) is 31.9 Å². The van der Waals surface area contributed by atoms with Crippen molar-refractivity contribution in [2.24, 2.45) is 11.8 Å². The van der Waals surface area contributed by atoms with Gasteiger partial charge in [-0.15, -0.1) is 0 Å². The lowest BCUT2D eigenvalue weighted by Gasteiger charge is -2.45. The monoisotopic (exact) mass is 326 g/mol. The molecular formula is C15H23BrN2O. The summed E-state index contributed by atoms with van der Waals surface area (Å²) in [6.07, 6.45) is 3.32. The Morgan fingerprint density at radius 2 is 2.16 bits per heavy atom. The molecule has 1 aromatic rings. The van der Waals surface area contributed by atoms with Crippen molar-refractivity contribution in [3.63, 3.8) is 0 Å². The van der Waals surface area contributed by atoms with Gasteiger partial charge in [0.05, 0.1) is 5.69 Å². The summed E-state index contributed by atoms with van der Waals surface area (Å²) < 4.78 is 0.791. The lowest BCUT2D eigenvalue weighted by atomic mass is 9.67. The zero-order valence-electron chi connectivity index (χ0n) is 11.9. The van der Waals surface area contributed by atoms with Crippen LogP contribution in [0.2, 0.25) is 0 Å². The van der Waals surface area contributed by atoms with Gasteiger partial charge in [-0.1, -0.05) is 19.4 Å². The van der Waals surface area contributed by atoms with E-state index in [4.69, 9.17) is 0 Å². The van der Waals surface area contributed by atoms with Gasteiger partial charge >= 0.3 is 0 Å². The Hall–Kier alpha value is -0.450. The summed E-state index contributed by atoms with van der Waals surface area (Å²) in [6.45, 7) is 3.04. The second-order valence-corrected chi connectivity index (χ2v) is 6.77. The SMILES string of the molecule is CC1CCCC(CN(C)C)C1(O)c1cccc(Br)n1. The molecule has 3 nitrogen and oxygen atoms in total. The van der Waals surface area contributed by atoms with Crippen LogP contribution in [-0.2, 0) is 5.60 Å². The van der Waals surface area contributed by atoms with Crippen LogP contribution in [0, 0.1) is 11.8 Å². The Morgan fingerprint density at radius 3 is 2.79 bits per heavy atom. The minimum absolute atomic E-state index is 0.244. The van der Waals surface area contributed by atoms with Gasteiger partial charge in [0.15, 0.2) is 0 Å². The maximum Gasteiger partial charge on any atom is 0.113 e. The predicted octanol–water partition coefficient (Wildman–Crippen LogP) is 3.03. The number of halogens is 1. The number of rotatable bonds is 3. The quantitative estimate of drug-likeness (QED) is 0.867. The van der Waals surface area contributed by atoms with Crippen molar-refractivity contribution in [3.8, 4) is 0 Å². The van der Waals surface area contributed by atoms with Crippen LogP contribution in [-0.4, -0.2) is 35.6 Å². The molecular weight excluding hydrogens is 304 g/mol. The molecule has 19 heavy (non-hydrogen) atoms. The molecule has 0 saturated heterocycles. The van der Waals surface area contributed by atoms with Crippen molar-refractivity contribution in [1.29, 1.82) is 0 Å². The van der Waals surface area contributed by atoms with Crippen LogP contribution in [0.3, 0.4) is 0 Å². The van der Waals surface area contributed by atoms with Crippen LogP contribution >= 0.6 is 15.9 Å². The molecule has 3 unspecified atom stereocenters. The summed E-state index contributed by atoms with van der Waals surface area (Å²) in [5, 5.41) is 11.3. The molecule has 0 amide bonds. The first kappa shape index (κ1) is 14.9. The smallest absolute Gasteiger partial charge is 0.113 e. The highest BCUT2D eigenvalue weighted by Crippen LogP contribution is 2.45. The average Bonchev–Trinajstić information content (AvgIpc) is 2.34. The molecule has 3 atom stereocenters. The molecule has 1 saturated carbocycles. The van der Waals surface area contributed by atoms with Gasteiger partial charge in [0.25, 0.3) is 0 Å². The van der Waals surface area contributed by atoms with E-state index in [0.717, 1.165) is 29.7 Å². The summed E-state index contributed by atoms with van der Waals surface area (Å²) in [5.41, 5.74) is -0.00678. The molecule has 0 aliphatic heterocycles. The third kappa shape index (κ3) is 3.01. The first-order valence-corrected chi connectivity index (χ1v) is 7.74. The molecule has 1 aliphatic rings. The Balaban J connectivity index is 2.38. The first-order chi connectivity index (χ1) is 8.94. The largest absolute Gasteiger partial charge is 0.383 e. The van der Waals surface area contributed by atoms with E-state index >= 15 is 0 Å². The van der Waals surface area contributed by atoms with E-state index in [9.17, 15) is 5.11 Å². The highest BCUT2D eigenvalue weighted by Gasteiger charge is 2.46. The second kappa shape index (κ2) is 5.90. The van der Waals surface area contributed by atoms with Crippen molar-refractivity contribution in [2.75, 3.05) is 20.6 Å². The number of pyridine rings is 1. The fraction of sp³-hybridized carbons (Fsp3) is 0.667. The Kier molecular flexibility index (Phi) is 4.64. The number of hydrogen-bond donors (Lipinski definition) is 1. The normalized spacial score (nSPS) is 31.7. The second-order valence-electron chi connectivity index (χ2n) is 5.96. The van der Waals surface area contributed by atoms with E-state index in [1.165, 1.54) is 6.42 Å². The summed E-state index contributed by atoms with van der Waals surface area (Å²) in [7, 11) is 4.13. The minimum atomic E-state index is -0.813. The van der Waals surface area contributed by atoms with Gasteiger partial charge < -0.3 is 10.0 Å². The maximum absolute atomic E-state index is 11.3. The van der Waals surface area contributed by atoms with Gasteiger partial charge in [0.2, 0.25) is 0 Å². The zero-order chi connectivity index (χ0) is 14.0. The van der Waals surface area contributed by atoms with Crippen molar-refractivity contribution in [2.45, 2.75) is 31.8 Å². The Morgan fingerprint density at radius 1 is 1.42 bits per heavy atom. The summed E-state index contributed by atoms with van der Waals surface area (Å²) in [5.74, 6) is 0.487. The lowest BCUT2D eigenvalue weighted by Crippen LogP contribution is -2.48. The van der Waals surface area contributed by atoms with Crippen molar-refractivity contribution >= 4 is 15.9 Å². The van der Waals surface area contributed by atoms with Gasteiger partial charge in [-0.25, -0.2) is 4.98 Å². The van der Waals surface area contributed by atoms with Gasteiger partial charge in [0, 0.05) is 12.5 Å². The molecule has 2 rings (SSSR count). The molecule has 1 fully saturated rings. The summed E-state index contributed by atoms with van der Waals surface area (Å²) in [6, 6.07) is 5.81. The third-order valence-corrected chi connectivity index (χ3v) is 4.72.